The number of alkyl halides is 3. The van der Waals surface area contributed by atoms with Crippen LogP contribution in [0.4, 0.5) is 0 Å². The predicted molar refractivity (Wildman–Crippen MR) is 194 cm³/mol. The summed E-state index contributed by atoms with van der Waals surface area (Å²) in [6, 6.07) is 19.2. The van der Waals surface area contributed by atoms with Gasteiger partial charge in [0.15, 0.2) is 0 Å². The molecule has 2 aromatic carbocycles. The molecule has 45 heavy (non-hydrogen) atoms. The van der Waals surface area contributed by atoms with E-state index in [-0.39, 0.29) is 11.6 Å². The molecular weight excluding hydrogens is 645 g/mol. The number of carbonyl (C=O) groups excluding carboxylic acids is 1. The quantitative estimate of drug-likeness (QED) is 0.0697. The lowest BCUT2D eigenvalue weighted by molar-refractivity contribution is -0.123. The molecule has 2 rings (SSSR count). The van der Waals surface area contributed by atoms with E-state index in [1.165, 1.54) is 57.8 Å². The summed E-state index contributed by atoms with van der Waals surface area (Å²) in [5.41, 5.74) is 0. The average Bonchev–Trinajstić information content (AvgIpc) is 3.00. The van der Waals surface area contributed by atoms with Crippen LogP contribution in [-0.4, -0.2) is 53.1 Å². The van der Waals surface area contributed by atoms with Crippen molar-refractivity contribution < 1.29 is 19.4 Å². The maximum Gasteiger partial charge on any atom is 0.272 e. The van der Waals surface area contributed by atoms with Gasteiger partial charge in [-0.25, -0.2) is 0 Å². The number of hydrogen-bond acceptors (Lipinski definition) is 4. The first kappa shape index (κ1) is 40.1. The fourth-order valence-electron chi connectivity index (χ4n) is 6.09. The summed E-state index contributed by atoms with van der Waals surface area (Å²) in [4.78, 5) is 12.8. The first-order valence-electron chi connectivity index (χ1n) is 16.8. The summed E-state index contributed by atoms with van der Waals surface area (Å²) in [5, 5.41) is 26.9. The highest BCUT2D eigenvalue weighted by atomic mass is 35.6. The van der Waals surface area contributed by atoms with Crippen LogP contribution >= 0.6 is 34.8 Å². The zero-order valence-electron chi connectivity index (χ0n) is 27.7. The number of carbonyl (C=O) groups is 1. The van der Waals surface area contributed by atoms with Gasteiger partial charge in [0.05, 0.1) is 18.8 Å². The third-order valence-electron chi connectivity index (χ3n) is 8.63. The van der Waals surface area contributed by atoms with Crippen LogP contribution in [0.25, 0.3) is 0 Å². The Hall–Kier alpha value is -1.12. The molecule has 9 heteroatoms. The lowest BCUT2D eigenvalue weighted by atomic mass is 9.99. The minimum absolute atomic E-state index is 0.0730. The fourth-order valence-corrected chi connectivity index (χ4v) is 10.8. The van der Waals surface area contributed by atoms with E-state index in [9.17, 15) is 15.0 Å². The predicted octanol–water partition coefficient (Wildman–Crippen LogP) is 8.23. The number of benzene rings is 2. The van der Waals surface area contributed by atoms with E-state index in [0.29, 0.717) is 6.42 Å². The maximum absolute atomic E-state index is 12.8. The summed E-state index contributed by atoms with van der Waals surface area (Å²) < 4.78 is 4.73. The molecule has 2 aromatic rings. The third-order valence-corrected chi connectivity index (χ3v) is 14.1. The standard InChI is InChI=1S/C36H56Cl3NO4Si/c1-5-6-7-8-9-10-11-12-13-14-15-22-27-32(41)33(42)31(40-34(43)36(37,38)39)28-44-45(35(2,3)4,29-23-18-16-19-24-29)30-25-20-17-21-26-30/h16-21,23-26,31-33,41-42H,5-15,22,27-28H2,1-4H3,(H,40,43)/t31-,32-,33-/m1/s1. The highest BCUT2D eigenvalue weighted by Gasteiger charge is 2.51. The largest absolute Gasteiger partial charge is 0.405 e. The Bertz CT molecular complexity index is 1040. The molecule has 254 valence electrons. The minimum atomic E-state index is -2.99. The zero-order chi connectivity index (χ0) is 33.3. The van der Waals surface area contributed by atoms with Gasteiger partial charge in [0, 0.05) is 0 Å². The van der Waals surface area contributed by atoms with E-state index in [2.05, 4.69) is 57.3 Å². The number of hydrogen-bond donors (Lipinski definition) is 3. The maximum atomic E-state index is 12.8. The van der Waals surface area contributed by atoms with Gasteiger partial charge in [-0.1, -0.05) is 200 Å². The summed E-state index contributed by atoms with van der Waals surface area (Å²) in [6.45, 7) is 8.61. The lowest BCUT2D eigenvalue weighted by Gasteiger charge is -2.44. The van der Waals surface area contributed by atoms with Crippen LogP contribution in [0.5, 0.6) is 0 Å². The molecule has 3 N–H and O–H groups in total. The number of unbranched alkanes of at least 4 members (excludes halogenated alkanes) is 11. The van der Waals surface area contributed by atoms with Crippen molar-refractivity contribution in [3.05, 3.63) is 60.7 Å². The highest BCUT2D eigenvalue weighted by Crippen LogP contribution is 2.37. The molecule has 0 saturated carbocycles. The van der Waals surface area contributed by atoms with Crippen molar-refractivity contribution in [1.29, 1.82) is 0 Å². The topological polar surface area (TPSA) is 78.8 Å². The highest BCUT2D eigenvalue weighted by molar-refractivity contribution is 6.99. The van der Waals surface area contributed by atoms with E-state index < -0.39 is 36.3 Å². The first-order chi connectivity index (χ1) is 21.3. The zero-order valence-corrected chi connectivity index (χ0v) is 31.0. The Morgan fingerprint density at radius 2 is 1.18 bits per heavy atom. The van der Waals surface area contributed by atoms with Crippen molar-refractivity contribution >= 4 is 59.4 Å². The fraction of sp³-hybridized carbons (Fsp3) is 0.639. The van der Waals surface area contributed by atoms with Gasteiger partial charge in [-0.2, -0.15) is 0 Å². The summed E-state index contributed by atoms with van der Waals surface area (Å²) >= 11 is 17.7. The molecule has 0 fully saturated rings. The number of aliphatic hydroxyl groups is 2. The van der Waals surface area contributed by atoms with Crippen LogP contribution < -0.4 is 15.7 Å². The minimum Gasteiger partial charge on any atom is -0.405 e. The molecule has 0 spiro atoms. The van der Waals surface area contributed by atoms with E-state index in [1.54, 1.807) is 0 Å². The molecule has 0 saturated heterocycles. The van der Waals surface area contributed by atoms with Gasteiger partial charge in [0.25, 0.3) is 18.0 Å². The molecule has 0 aliphatic rings. The molecule has 1 amide bonds. The van der Waals surface area contributed by atoms with Gasteiger partial charge in [-0.05, 0) is 21.8 Å². The molecule has 0 aliphatic heterocycles. The second-order valence-electron chi connectivity index (χ2n) is 13.3. The van der Waals surface area contributed by atoms with E-state index in [0.717, 1.165) is 29.6 Å². The second kappa shape index (κ2) is 20.3. The van der Waals surface area contributed by atoms with Crippen LogP contribution in [0.2, 0.25) is 5.04 Å². The van der Waals surface area contributed by atoms with E-state index >= 15 is 0 Å². The summed E-state index contributed by atoms with van der Waals surface area (Å²) in [6.07, 6.45) is 12.5. The van der Waals surface area contributed by atoms with Crippen molar-refractivity contribution in [1.82, 2.24) is 5.32 Å². The van der Waals surface area contributed by atoms with Crippen molar-refractivity contribution in [3.63, 3.8) is 0 Å². The van der Waals surface area contributed by atoms with Crippen LogP contribution in [0.3, 0.4) is 0 Å². The second-order valence-corrected chi connectivity index (χ2v) is 19.9. The van der Waals surface area contributed by atoms with Crippen molar-refractivity contribution in [2.75, 3.05) is 6.61 Å². The number of rotatable bonds is 21. The number of amides is 1. The molecule has 5 nitrogen and oxygen atoms in total. The molecule has 0 aliphatic carbocycles. The molecule has 0 heterocycles. The van der Waals surface area contributed by atoms with Gasteiger partial charge in [0.1, 0.15) is 6.10 Å². The van der Waals surface area contributed by atoms with Crippen LogP contribution in [0, 0.1) is 0 Å². The van der Waals surface area contributed by atoms with Crippen LogP contribution in [0.15, 0.2) is 60.7 Å². The number of nitrogens with one attached hydrogen (secondary N) is 1. The van der Waals surface area contributed by atoms with Crippen molar-refractivity contribution in [3.8, 4) is 0 Å². The molecule has 3 atom stereocenters. The Kier molecular flexibility index (Phi) is 18.1. The Labute approximate surface area is 288 Å². The van der Waals surface area contributed by atoms with Gasteiger partial charge < -0.3 is 20.0 Å². The molecule has 0 bridgehead atoms. The van der Waals surface area contributed by atoms with Gasteiger partial charge in [-0.3, -0.25) is 4.79 Å². The molecule has 0 radical (unpaired) electrons. The summed E-state index contributed by atoms with van der Waals surface area (Å²) in [5.74, 6) is -0.875. The van der Waals surface area contributed by atoms with Crippen molar-refractivity contribution in [2.24, 2.45) is 0 Å². The third kappa shape index (κ3) is 13.1. The normalized spacial score (nSPS) is 14.6. The molecule has 0 aromatic heterocycles. The lowest BCUT2D eigenvalue weighted by Crippen LogP contribution is -2.68. The smallest absolute Gasteiger partial charge is 0.272 e. The van der Waals surface area contributed by atoms with Gasteiger partial charge in [-0.15, -0.1) is 0 Å². The average molecular weight is 701 g/mol. The Balaban J connectivity index is 2.09. The first-order valence-corrected chi connectivity index (χ1v) is 19.9. The number of aliphatic hydroxyl groups excluding tert-OH is 2. The van der Waals surface area contributed by atoms with E-state index in [4.69, 9.17) is 39.2 Å². The van der Waals surface area contributed by atoms with Gasteiger partial charge >= 0.3 is 0 Å². The number of halogens is 3. The van der Waals surface area contributed by atoms with E-state index in [1.807, 2.05) is 36.4 Å². The molecular formula is C36H56Cl3NO4Si. The SMILES string of the molecule is CCCCCCCCCCCCCC[C@@H](O)[C@H](O)[C@@H](CO[Si](c1ccccc1)(c1ccccc1)C(C)(C)C)NC(=O)C(Cl)(Cl)Cl. The summed E-state index contributed by atoms with van der Waals surface area (Å²) in [7, 11) is -2.99. The molecule has 0 unspecified atom stereocenters. The van der Waals surface area contributed by atoms with Gasteiger partial charge in [0.2, 0.25) is 0 Å². The monoisotopic (exact) mass is 699 g/mol. The Morgan fingerprint density at radius 3 is 1.58 bits per heavy atom. The van der Waals surface area contributed by atoms with Crippen molar-refractivity contribution in [2.45, 2.75) is 138 Å². The van der Waals surface area contributed by atoms with Crippen LogP contribution in [0.1, 0.15) is 111 Å². The Morgan fingerprint density at radius 1 is 0.756 bits per heavy atom. The van der Waals surface area contributed by atoms with Crippen LogP contribution in [-0.2, 0) is 9.22 Å².